The second-order valence-corrected chi connectivity index (χ2v) is 16.5. The number of benzene rings is 3. The predicted molar refractivity (Wildman–Crippen MR) is 215 cm³/mol. The summed E-state index contributed by atoms with van der Waals surface area (Å²) < 4.78 is 31.8. The van der Waals surface area contributed by atoms with Gasteiger partial charge in [-0.15, -0.1) is 0 Å². The zero-order valence-electron chi connectivity index (χ0n) is 32.9. The molecular formula is C48H52O8. The molecule has 6 atom stereocenters. The molecule has 1 saturated carbocycles. The molecule has 5 aliphatic rings. The molecule has 2 aliphatic carbocycles. The lowest BCUT2D eigenvalue weighted by molar-refractivity contribution is -0.199. The Morgan fingerprint density at radius 3 is 2.38 bits per heavy atom. The molecule has 56 heavy (non-hydrogen) atoms. The van der Waals surface area contributed by atoms with Crippen LogP contribution in [-0.4, -0.2) is 37.4 Å². The van der Waals surface area contributed by atoms with E-state index >= 15 is 0 Å². The van der Waals surface area contributed by atoms with Crippen molar-refractivity contribution in [1.82, 2.24) is 0 Å². The highest BCUT2D eigenvalue weighted by molar-refractivity contribution is 5.90. The van der Waals surface area contributed by atoms with E-state index in [4.69, 9.17) is 23.4 Å². The summed E-state index contributed by atoms with van der Waals surface area (Å²) in [4.78, 5) is 42.7. The first-order valence-corrected chi connectivity index (χ1v) is 20.3. The Kier molecular flexibility index (Phi) is 10.8. The monoisotopic (exact) mass is 756 g/mol. The summed E-state index contributed by atoms with van der Waals surface area (Å²) in [5.74, 6) is -0.285. The molecule has 0 radical (unpaired) electrons. The summed E-state index contributed by atoms with van der Waals surface area (Å²) in [6.07, 6.45) is 8.68. The number of fused-ring (bicyclic) bond motifs is 11. The summed E-state index contributed by atoms with van der Waals surface area (Å²) in [6, 6.07) is 24.5. The molecule has 0 saturated heterocycles. The number of carbonyl (C=O) groups excluding carboxylic acids is 2. The number of ether oxygens (including phenoxy) is 4. The van der Waals surface area contributed by atoms with Crippen molar-refractivity contribution < 1.29 is 33.0 Å². The maximum atomic E-state index is 14.7. The van der Waals surface area contributed by atoms with Crippen LogP contribution in [0.2, 0.25) is 0 Å². The fourth-order valence-electron chi connectivity index (χ4n) is 9.66. The van der Waals surface area contributed by atoms with Crippen LogP contribution in [0.25, 0.3) is 11.0 Å². The molecule has 0 N–H and O–H groups in total. The average Bonchev–Trinajstić information content (AvgIpc) is 3.75. The molecular weight excluding hydrogens is 705 g/mol. The molecule has 6 unspecified atom stereocenters. The third-order valence-corrected chi connectivity index (χ3v) is 12.8. The molecule has 9 rings (SSSR count). The molecule has 2 bridgehead atoms. The van der Waals surface area contributed by atoms with Crippen LogP contribution in [0, 0.1) is 11.8 Å². The molecule has 4 aromatic rings. The Balaban J connectivity index is 1.27. The van der Waals surface area contributed by atoms with E-state index in [9.17, 15) is 14.4 Å². The summed E-state index contributed by atoms with van der Waals surface area (Å²) in [6.45, 7) is 6.22. The fourth-order valence-corrected chi connectivity index (χ4v) is 9.66. The van der Waals surface area contributed by atoms with Gasteiger partial charge in [0.2, 0.25) is 0 Å². The number of aryl methyl sites for hydroxylation is 1. The van der Waals surface area contributed by atoms with Crippen LogP contribution >= 0.6 is 0 Å². The van der Waals surface area contributed by atoms with Gasteiger partial charge in [0.25, 0.3) is 0 Å². The van der Waals surface area contributed by atoms with Crippen molar-refractivity contribution >= 4 is 22.9 Å². The van der Waals surface area contributed by atoms with Crippen molar-refractivity contribution in [3.8, 4) is 5.75 Å². The lowest BCUT2D eigenvalue weighted by atomic mass is 9.72. The van der Waals surface area contributed by atoms with Gasteiger partial charge in [0, 0.05) is 54.2 Å². The maximum Gasteiger partial charge on any atom is 0.339 e. The van der Waals surface area contributed by atoms with E-state index in [1.54, 1.807) is 13.2 Å². The average molecular weight is 757 g/mol. The standard InChI is InChI=1S/C48H52O8/c1-29(2)38-21-16-30-14-17-32(18-15-30)39-22-19-33(31-10-6-5-7-11-31)26-36(39)28-41(49)53-44-42-40(23-20-34-27-35(24-25-52-4)46(50)54-43(34)42)56-48(3,37-12-8-9-13-37)45(44)55-47(38)51/h5-7,10-11,14-15,17-20,22-23,27,33,36-37,39,44-45H,8-9,12-13,16,21,24-26,28H2,1-4H3. The molecule has 1 aromatic heterocycles. The fraction of sp³-hybridized carbons (Fsp3) is 0.438. The smallest absolute Gasteiger partial charge is 0.339 e. The molecule has 0 amide bonds. The van der Waals surface area contributed by atoms with Gasteiger partial charge in [-0.2, -0.15) is 0 Å². The number of hydrogen-bond acceptors (Lipinski definition) is 8. The van der Waals surface area contributed by atoms with Gasteiger partial charge in [0.1, 0.15) is 16.9 Å². The number of esters is 2. The summed E-state index contributed by atoms with van der Waals surface area (Å²) in [5, 5.41) is 0.659. The van der Waals surface area contributed by atoms with Crippen LogP contribution in [0.3, 0.4) is 0 Å². The third-order valence-electron chi connectivity index (χ3n) is 12.8. The van der Waals surface area contributed by atoms with Crippen molar-refractivity contribution in [2.75, 3.05) is 13.7 Å². The Hall–Kier alpha value is -4.95. The van der Waals surface area contributed by atoms with Crippen LogP contribution < -0.4 is 10.4 Å². The zero-order valence-corrected chi connectivity index (χ0v) is 32.9. The summed E-state index contributed by atoms with van der Waals surface area (Å²) >= 11 is 0. The van der Waals surface area contributed by atoms with E-state index in [0.717, 1.165) is 48.8 Å². The van der Waals surface area contributed by atoms with Gasteiger partial charge < -0.3 is 23.4 Å². The maximum absolute atomic E-state index is 14.7. The minimum absolute atomic E-state index is 0.00142. The van der Waals surface area contributed by atoms with Gasteiger partial charge in [-0.1, -0.05) is 85.2 Å². The lowest BCUT2D eigenvalue weighted by Gasteiger charge is -2.48. The number of rotatable bonds is 5. The van der Waals surface area contributed by atoms with Gasteiger partial charge in [0.05, 0.1) is 12.2 Å². The molecule has 8 nitrogen and oxygen atoms in total. The molecule has 4 heterocycles. The Morgan fingerprint density at radius 1 is 0.875 bits per heavy atom. The van der Waals surface area contributed by atoms with E-state index in [1.807, 2.05) is 39.0 Å². The number of allylic oxidation sites excluding steroid dienone is 3. The molecule has 292 valence electrons. The van der Waals surface area contributed by atoms with Crippen molar-refractivity contribution in [3.05, 3.63) is 134 Å². The van der Waals surface area contributed by atoms with E-state index in [0.29, 0.717) is 53.7 Å². The number of methoxy groups -OCH3 is 1. The first-order valence-electron chi connectivity index (χ1n) is 20.3. The van der Waals surface area contributed by atoms with Gasteiger partial charge in [0.15, 0.2) is 12.2 Å². The van der Waals surface area contributed by atoms with E-state index < -0.39 is 35.4 Å². The van der Waals surface area contributed by atoms with Gasteiger partial charge in [-0.3, -0.25) is 4.79 Å². The minimum Gasteiger partial charge on any atom is -0.483 e. The van der Waals surface area contributed by atoms with Crippen molar-refractivity contribution in [1.29, 1.82) is 0 Å². The predicted octanol–water partition coefficient (Wildman–Crippen LogP) is 9.64. The van der Waals surface area contributed by atoms with Crippen LogP contribution in [0.15, 0.2) is 105 Å². The van der Waals surface area contributed by atoms with E-state index in [1.165, 1.54) is 5.56 Å². The first-order chi connectivity index (χ1) is 27.1. The highest BCUT2D eigenvalue weighted by Gasteiger charge is 2.57. The van der Waals surface area contributed by atoms with E-state index in [-0.39, 0.29) is 35.7 Å². The Morgan fingerprint density at radius 2 is 1.64 bits per heavy atom. The molecule has 1 fully saturated rings. The normalized spacial score (nSPS) is 26.9. The van der Waals surface area contributed by atoms with Crippen LogP contribution in [0.5, 0.6) is 5.75 Å². The first kappa shape index (κ1) is 37.9. The second-order valence-electron chi connectivity index (χ2n) is 16.5. The summed E-state index contributed by atoms with van der Waals surface area (Å²) in [5.41, 5.74) is 4.55. The van der Waals surface area contributed by atoms with Crippen LogP contribution in [-0.2, 0) is 36.6 Å². The molecule has 3 aromatic carbocycles. The second kappa shape index (κ2) is 15.9. The van der Waals surface area contributed by atoms with Crippen molar-refractivity contribution in [2.24, 2.45) is 11.8 Å². The SMILES string of the molecule is COCCc1cc2ccc3c(c2oc1=O)C1OC(=O)CC2CC(c4ccccc4)C=CC2c2ccc(cc2)CCC(=C(C)C)C(=O)OC1C(C)(C1CCCC1)O3. The van der Waals surface area contributed by atoms with Gasteiger partial charge >= 0.3 is 17.6 Å². The van der Waals surface area contributed by atoms with Crippen LogP contribution in [0.4, 0.5) is 0 Å². The lowest BCUT2D eigenvalue weighted by Crippen LogP contribution is -2.58. The highest BCUT2D eigenvalue weighted by atomic mass is 16.6. The van der Waals surface area contributed by atoms with Crippen molar-refractivity contribution in [3.63, 3.8) is 0 Å². The minimum atomic E-state index is -1.09. The van der Waals surface area contributed by atoms with Gasteiger partial charge in [-0.05, 0) is 93.7 Å². The molecule has 3 aliphatic heterocycles. The molecule has 0 spiro atoms. The molecule has 8 heteroatoms. The number of hydrogen-bond donors (Lipinski definition) is 0. The highest BCUT2D eigenvalue weighted by Crippen LogP contribution is 2.52. The Bertz CT molecular complexity index is 2210. The number of carbonyl (C=O) groups is 2. The van der Waals surface area contributed by atoms with E-state index in [2.05, 4.69) is 60.7 Å². The topological polar surface area (TPSA) is 101 Å². The largest absolute Gasteiger partial charge is 0.483 e. The quantitative estimate of drug-likeness (QED) is 0.0859. The third kappa shape index (κ3) is 7.36. The van der Waals surface area contributed by atoms with Crippen LogP contribution in [0.1, 0.15) is 111 Å². The Labute approximate surface area is 328 Å². The summed E-state index contributed by atoms with van der Waals surface area (Å²) in [7, 11) is 1.59. The van der Waals surface area contributed by atoms with Gasteiger partial charge in [-0.25, -0.2) is 9.59 Å². The zero-order chi connectivity index (χ0) is 39.0. The van der Waals surface area contributed by atoms with Crippen molar-refractivity contribution in [2.45, 2.75) is 108 Å².